The van der Waals surface area contributed by atoms with Crippen LogP contribution in [-0.4, -0.2) is 14.1 Å². The molecule has 0 atom stereocenters. The minimum absolute atomic E-state index is 1.06. The Kier molecular flexibility index (Phi) is 11.2. The zero-order valence-corrected chi connectivity index (χ0v) is 46.3. The number of fused-ring (bicyclic) bond motifs is 11. The number of aromatic amines is 1. The van der Waals surface area contributed by atoms with E-state index in [-0.39, 0.29) is 0 Å². The van der Waals surface area contributed by atoms with Gasteiger partial charge in [-0.15, -0.1) is 0 Å². The first-order valence-corrected chi connectivity index (χ1v) is 29.1. The molecule has 0 bridgehead atoms. The number of aromatic nitrogens is 3. The molecule has 0 saturated heterocycles. The van der Waals surface area contributed by atoms with Crippen LogP contribution in [0.2, 0.25) is 0 Å². The van der Waals surface area contributed by atoms with Crippen molar-refractivity contribution in [1.82, 2.24) is 14.1 Å². The Labute approximate surface area is 491 Å². The van der Waals surface area contributed by atoms with Gasteiger partial charge in [-0.2, -0.15) is 0 Å². The second-order valence-corrected chi connectivity index (χ2v) is 22.2. The standard InChI is InChI=1S/C80H53N5/c1-5-19-53(20-6-1)57-35-41-73-67(47-57)68-49-61(37-42-74(68)81-73)82(75-33-17-25-55-23-13-15-31-65(55)75)63-39-45-79-71(51-63)72-52-64(40-46-80(72)85(79)60-29-11-4-12-30-60)83(76-34-18-26-56-24-14-16-32-66(56)76)62-38-44-78-70(50-62)69-48-58(54-21-7-2-8-22-54)36-43-77(69)84(78)59-27-9-3-10-28-59/h1-52,81H. The van der Waals surface area contributed by atoms with Gasteiger partial charge in [0, 0.05) is 88.2 Å². The first-order valence-electron chi connectivity index (χ1n) is 29.1. The van der Waals surface area contributed by atoms with Crippen LogP contribution in [0.15, 0.2) is 315 Å². The van der Waals surface area contributed by atoms with E-state index in [1.807, 2.05) is 0 Å². The van der Waals surface area contributed by atoms with Gasteiger partial charge in [-0.25, -0.2) is 0 Å². The maximum atomic E-state index is 3.75. The minimum atomic E-state index is 1.06. The molecule has 0 unspecified atom stereocenters. The monoisotopic (exact) mass is 1080 g/mol. The molecular weight excluding hydrogens is 1030 g/mol. The second-order valence-electron chi connectivity index (χ2n) is 22.2. The summed E-state index contributed by atoms with van der Waals surface area (Å²) in [6.07, 6.45) is 0. The molecule has 5 nitrogen and oxygen atoms in total. The van der Waals surface area contributed by atoms with Gasteiger partial charge in [-0.05, 0) is 166 Å². The van der Waals surface area contributed by atoms with Gasteiger partial charge < -0.3 is 23.9 Å². The maximum Gasteiger partial charge on any atom is 0.0542 e. The molecule has 85 heavy (non-hydrogen) atoms. The Morgan fingerprint density at radius 3 is 1.02 bits per heavy atom. The molecule has 3 heterocycles. The lowest BCUT2D eigenvalue weighted by molar-refractivity contribution is 1.18. The largest absolute Gasteiger partial charge is 0.355 e. The number of rotatable bonds is 10. The third kappa shape index (κ3) is 8.01. The highest BCUT2D eigenvalue weighted by molar-refractivity contribution is 6.16. The molecule has 5 heteroatoms. The predicted molar refractivity (Wildman–Crippen MR) is 360 cm³/mol. The molecule has 0 fully saturated rings. The van der Waals surface area contributed by atoms with Crippen molar-refractivity contribution in [2.24, 2.45) is 0 Å². The average molecular weight is 1080 g/mol. The van der Waals surface area contributed by atoms with Crippen LogP contribution >= 0.6 is 0 Å². The summed E-state index contributed by atoms with van der Waals surface area (Å²) in [4.78, 5) is 8.69. The number of hydrogen-bond acceptors (Lipinski definition) is 2. The van der Waals surface area contributed by atoms with Crippen molar-refractivity contribution in [1.29, 1.82) is 0 Å². The molecule has 0 amide bonds. The van der Waals surface area contributed by atoms with E-state index in [1.54, 1.807) is 0 Å². The summed E-state index contributed by atoms with van der Waals surface area (Å²) in [6, 6.07) is 116. The highest BCUT2D eigenvalue weighted by atomic mass is 15.2. The molecule has 17 rings (SSSR count). The summed E-state index contributed by atoms with van der Waals surface area (Å²) in [5.41, 5.74) is 20.3. The van der Waals surface area contributed by atoms with Crippen molar-refractivity contribution >= 4 is 121 Å². The fraction of sp³-hybridized carbons (Fsp3) is 0. The van der Waals surface area contributed by atoms with Gasteiger partial charge in [0.05, 0.1) is 33.4 Å². The molecule has 17 aromatic rings. The molecule has 3 aromatic heterocycles. The third-order valence-corrected chi connectivity index (χ3v) is 17.4. The van der Waals surface area contributed by atoms with Gasteiger partial charge in [0.2, 0.25) is 0 Å². The molecule has 398 valence electrons. The van der Waals surface area contributed by atoms with Gasteiger partial charge in [0.25, 0.3) is 0 Å². The Hall–Kier alpha value is -11.4. The first kappa shape index (κ1) is 48.3. The molecule has 0 radical (unpaired) electrons. The summed E-state index contributed by atoms with van der Waals surface area (Å²) < 4.78 is 4.84. The minimum Gasteiger partial charge on any atom is -0.355 e. The lowest BCUT2D eigenvalue weighted by Gasteiger charge is -2.27. The van der Waals surface area contributed by atoms with E-state index in [1.165, 1.54) is 65.3 Å². The van der Waals surface area contributed by atoms with E-state index in [4.69, 9.17) is 0 Å². The Balaban J connectivity index is 0.904. The Morgan fingerprint density at radius 2 is 0.553 bits per heavy atom. The number of benzene rings is 14. The molecule has 0 aliphatic rings. The van der Waals surface area contributed by atoms with Gasteiger partial charge in [0.1, 0.15) is 0 Å². The molecule has 0 saturated carbocycles. The zero-order valence-electron chi connectivity index (χ0n) is 46.3. The van der Waals surface area contributed by atoms with E-state index in [0.717, 1.165) is 89.4 Å². The quantitative estimate of drug-likeness (QED) is 0.148. The number of H-pyrrole nitrogens is 1. The van der Waals surface area contributed by atoms with Crippen LogP contribution in [-0.2, 0) is 0 Å². The number of para-hydroxylation sites is 2. The van der Waals surface area contributed by atoms with Crippen molar-refractivity contribution in [3.05, 3.63) is 315 Å². The predicted octanol–water partition coefficient (Wildman–Crippen LogP) is 22.1. The van der Waals surface area contributed by atoms with Gasteiger partial charge >= 0.3 is 0 Å². The van der Waals surface area contributed by atoms with Crippen LogP contribution in [0.25, 0.3) is 121 Å². The lowest BCUT2D eigenvalue weighted by Crippen LogP contribution is -2.10. The summed E-state index contributed by atoms with van der Waals surface area (Å²) in [6.45, 7) is 0. The van der Waals surface area contributed by atoms with Crippen molar-refractivity contribution in [3.8, 4) is 33.6 Å². The summed E-state index contributed by atoms with van der Waals surface area (Å²) in [7, 11) is 0. The van der Waals surface area contributed by atoms with E-state index in [2.05, 4.69) is 339 Å². The fourth-order valence-electron chi connectivity index (χ4n) is 13.4. The molecule has 14 aromatic carbocycles. The second kappa shape index (κ2) is 19.7. The smallest absolute Gasteiger partial charge is 0.0542 e. The topological polar surface area (TPSA) is 32.1 Å². The maximum absolute atomic E-state index is 3.75. The van der Waals surface area contributed by atoms with Gasteiger partial charge in [0.15, 0.2) is 0 Å². The average Bonchev–Trinajstić information content (AvgIpc) is 3.52. The molecule has 1 N–H and O–H groups in total. The number of hydrogen-bond donors (Lipinski definition) is 1. The normalized spacial score (nSPS) is 11.8. The Morgan fingerprint density at radius 1 is 0.224 bits per heavy atom. The van der Waals surface area contributed by atoms with Crippen molar-refractivity contribution < 1.29 is 0 Å². The molecular formula is C80H53N5. The SMILES string of the molecule is c1ccc(-c2ccc3[nH]c4ccc(N(c5ccc6c(c5)c5cc(N(c7ccc8c(c7)c7cc(-c9ccccc9)ccc7n8-c7ccccc7)c7cccc8ccccc78)ccc5n6-c5ccccc5)c5cccc6ccccc56)cc4c3c2)cc1. The summed E-state index contributed by atoms with van der Waals surface area (Å²) in [5.74, 6) is 0. The summed E-state index contributed by atoms with van der Waals surface area (Å²) in [5, 5.41) is 11.8. The van der Waals surface area contributed by atoms with Crippen molar-refractivity contribution in [3.63, 3.8) is 0 Å². The molecule has 0 spiro atoms. The van der Waals surface area contributed by atoms with E-state index < -0.39 is 0 Å². The van der Waals surface area contributed by atoms with Gasteiger partial charge in [-0.3, -0.25) is 0 Å². The first-order chi connectivity index (χ1) is 42.1. The van der Waals surface area contributed by atoms with Crippen LogP contribution in [0.5, 0.6) is 0 Å². The number of anilines is 6. The summed E-state index contributed by atoms with van der Waals surface area (Å²) >= 11 is 0. The van der Waals surface area contributed by atoms with E-state index in [0.29, 0.717) is 0 Å². The van der Waals surface area contributed by atoms with E-state index >= 15 is 0 Å². The fourth-order valence-corrected chi connectivity index (χ4v) is 13.4. The zero-order chi connectivity index (χ0) is 56.0. The number of nitrogens with zero attached hydrogens (tertiary/aromatic N) is 4. The van der Waals surface area contributed by atoms with Crippen LogP contribution in [0.4, 0.5) is 34.1 Å². The van der Waals surface area contributed by atoms with Crippen molar-refractivity contribution in [2.75, 3.05) is 9.80 Å². The van der Waals surface area contributed by atoms with Crippen LogP contribution in [0.1, 0.15) is 0 Å². The van der Waals surface area contributed by atoms with Crippen LogP contribution in [0.3, 0.4) is 0 Å². The Bertz CT molecular complexity index is 5420. The van der Waals surface area contributed by atoms with Gasteiger partial charge in [-0.1, -0.05) is 182 Å². The highest BCUT2D eigenvalue weighted by Crippen LogP contribution is 2.48. The molecule has 0 aliphatic carbocycles. The van der Waals surface area contributed by atoms with Crippen LogP contribution < -0.4 is 9.80 Å². The van der Waals surface area contributed by atoms with Crippen molar-refractivity contribution in [2.45, 2.75) is 0 Å². The third-order valence-electron chi connectivity index (χ3n) is 17.4. The highest BCUT2D eigenvalue weighted by Gasteiger charge is 2.24. The molecule has 0 aliphatic heterocycles. The number of nitrogens with one attached hydrogen (secondary N) is 1. The van der Waals surface area contributed by atoms with E-state index in [9.17, 15) is 0 Å². The lowest BCUT2D eigenvalue weighted by atomic mass is 10.0. The van der Waals surface area contributed by atoms with Crippen LogP contribution in [0, 0.1) is 0 Å².